The lowest BCUT2D eigenvalue weighted by Crippen LogP contribution is -2.45. The first kappa shape index (κ1) is 18.0. The molecule has 1 N–H and O–H groups in total. The van der Waals surface area contributed by atoms with E-state index >= 15 is 0 Å². The SMILES string of the molecule is CCC1(C)CCN(C(=NC)NCC2(C)CCOC2)C1.I. The number of nitrogens with one attached hydrogen (secondary N) is 1. The summed E-state index contributed by atoms with van der Waals surface area (Å²) < 4.78 is 5.51. The van der Waals surface area contributed by atoms with Crippen LogP contribution in [0.3, 0.4) is 0 Å². The van der Waals surface area contributed by atoms with Gasteiger partial charge in [-0.3, -0.25) is 4.99 Å². The summed E-state index contributed by atoms with van der Waals surface area (Å²) in [5.41, 5.74) is 0.724. The van der Waals surface area contributed by atoms with E-state index in [0.717, 1.165) is 45.2 Å². The highest BCUT2D eigenvalue weighted by molar-refractivity contribution is 14.0. The summed E-state index contributed by atoms with van der Waals surface area (Å²) in [4.78, 5) is 6.86. The maximum atomic E-state index is 5.51. The molecule has 0 amide bonds. The van der Waals surface area contributed by atoms with Gasteiger partial charge in [0.2, 0.25) is 0 Å². The van der Waals surface area contributed by atoms with Gasteiger partial charge < -0.3 is 15.0 Å². The molecule has 2 rings (SSSR count). The topological polar surface area (TPSA) is 36.9 Å². The van der Waals surface area contributed by atoms with Crippen molar-refractivity contribution in [1.29, 1.82) is 0 Å². The van der Waals surface area contributed by atoms with Crippen LogP contribution in [0.5, 0.6) is 0 Å². The highest BCUT2D eigenvalue weighted by Gasteiger charge is 2.35. The number of rotatable bonds is 3. The van der Waals surface area contributed by atoms with Crippen LogP contribution in [-0.2, 0) is 4.74 Å². The molecule has 2 saturated heterocycles. The summed E-state index contributed by atoms with van der Waals surface area (Å²) in [5, 5.41) is 3.55. The van der Waals surface area contributed by atoms with Crippen molar-refractivity contribution in [3.8, 4) is 0 Å². The van der Waals surface area contributed by atoms with Gasteiger partial charge in [0.1, 0.15) is 0 Å². The summed E-state index contributed by atoms with van der Waals surface area (Å²) >= 11 is 0. The molecule has 0 radical (unpaired) electrons. The van der Waals surface area contributed by atoms with Crippen LogP contribution in [0.1, 0.15) is 40.0 Å². The largest absolute Gasteiger partial charge is 0.381 e. The Morgan fingerprint density at radius 1 is 1.30 bits per heavy atom. The van der Waals surface area contributed by atoms with Crippen LogP contribution in [0.2, 0.25) is 0 Å². The molecule has 4 nitrogen and oxygen atoms in total. The van der Waals surface area contributed by atoms with E-state index in [4.69, 9.17) is 4.74 Å². The first-order valence-corrected chi connectivity index (χ1v) is 7.54. The fraction of sp³-hybridized carbons (Fsp3) is 0.933. The standard InChI is InChI=1S/C15H29N3O.HI/c1-5-14(2)6-8-18(11-14)13(16-4)17-10-15(3)7-9-19-12-15;/h5-12H2,1-4H3,(H,16,17);1H. The molecule has 0 aromatic rings. The Morgan fingerprint density at radius 3 is 2.55 bits per heavy atom. The number of hydrogen-bond donors (Lipinski definition) is 1. The van der Waals surface area contributed by atoms with Crippen LogP contribution in [-0.4, -0.2) is 50.8 Å². The zero-order valence-corrected chi connectivity index (χ0v) is 15.7. The first-order chi connectivity index (χ1) is 9.00. The zero-order chi connectivity index (χ0) is 13.9. The molecule has 2 atom stereocenters. The quantitative estimate of drug-likeness (QED) is 0.454. The number of nitrogens with zero attached hydrogens (tertiary/aromatic N) is 2. The van der Waals surface area contributed by atoms with Gasteiger partial charge in [-0.2, -0.15) is 0 Å². The smallest absolute Gasteiger partial charge is 0.193 e. The predicted molar refractivity (Wildman–Crippen MR) is 94.9 cm³/mol. The van der Waals surface area contributed by atoms with Crippen LogP contribution in [0, 0.1) is 10.8 Å². The summed E-state index contributed by atoms with van der Waals surface area (Å²) in [7, 11) is 1.89. The van der Waals surface area contributed by atoms with E-state index in [0.29, 0.717) is 5.41 Å². The summed E-state index contributed by atoms with van der Waals surface area (Å²) in [6.07, 6.45) is 3.65. The maximum absolute atomic E-state index is 5.51. The molecule has 0 aliphatic carbocycles. The van der Waals surface area contributed by atoms with Gasteiger partial charge in [-0.25, -0.2) is 0 Å². The number of ether oxygens (including phenoxy) is 1. The summed E-state index contributed by atoms with van der Waals surface area (Å²) in [6, 6.07) is 0. The highest BCUT2D eigenvalue weighted by atomic mass is 127. The molecule has 0 aromatic carbocycles. The first-order valence-electron chi connectivity index (χ1n) is 7.54. The summed E-state index contributed by atoms with van der Waals surface area (Å²) in [5.74, 6) is 1.06. The molecule has 20 heavy (non-hydrogen) atoms. The minimum Gasteiger partial charge on any atom is -0.381 e. The Kier molecular flexibility index (Phi) is 6.57. The van der Waals surface area contributed by atoms with Crippen molar-refractivity contribution in [3.05, 3.63) is 0 Å². The van der Waals surface area contributed by atoms with Gasteiger partial charge in [-0.05, 0) is 24.7 Å². The Balaban J connectivity index is 0.00000200. The van der Waals surface area contributed by atoms with Gasteiger partial charge in [-0.15, -0.1) is 24.0 Å². The second-order valence-electron chi connectivity index (χ2n) is 6.85. The number of aliphatic imine (C=N–C) groups is 1. The molecule has 0 spiro atoms. The van der Waals surface area contributed by atoms with Crippen molar-refractivity contribution in [2.75, 3.05) is 39.9 Å². The average molecular weight is 395 g/mol. The van der Waals surface area contributed by atoms with Crippen molar-refractivity contribution >= 4 is 29.9 Å². The molecule has 2 heterocycles. The minimum absolute atomic E-state index is 0. The third-order valence-corrected chi connectivity index (χ3v) is 4.90. The second kappa shape index (κ2) is 7.29. The van der Waals surface area contributed by atoms with E-state index in [-0.39, 0.29) is 29.4 Å². The van der Waals surface area contributed by atoms with Gasteiger partial charge in [0.25, 0.3) is 0 Å². The van der Waals surface area contributed by atoms with E-state index in [1.54, 1.807) is 0 Å². The lowest BCUT2D eigenvalue weighted by molar-refractivity contribution is 0.160. The number of guanidine groups is 1. The third kappa shape index (κ3) is 4.23. The number of hydrogen-bond acceptors (Lipinski definition) is 2. The normalized spacial score (nSPS) is 34.2. The van der Waals surface area contributed by atoms with Crippen molar-refractivity contribution in [2.24, 2.45) is 15.8 Å². The summed E-state index contributed by atoms with van der Waals surface area (Å²) in [6.45, 7) is 11.9. The Labute approximate surface area is 140 Å². The third-order valence-electron chi connectivity index (χ3n) is 4.90. The van der Waals surface area contributed by atoms with Gasteiger partial charge in [0.05, 0.1) is 6.61 Å². The van der Waals surface area contributed by atoms with Crippen LogP contribution >= 0.6 is 24.0 Å². The average Bonchev–Trinajstić information content (AvgIpc) is 2.99. The molecule has 118 valence electrons. The van der Waals surface area contributed by atoms with Crippen LogP contribution in [0.25, 0.3) is 0 Å². The van der Waals surface area contributed by atoms with E-state index < -0.39 is 0 Å². The van der Waals surface area contributed by atoms with Crippen molar-refractivity contribution in [2.45, 2.75) is 40.0 Å². The maximum Gasteiger partial charge on any atom is 0.193 e. The Hall–Kier alpha value is -0.0400. The molecule has 0 saturated carbocycles. The predicted octanol–water partition coefficient (Wildman–Crippen LogP) is 2.73. The van der Waals surface area contributed by atoms with E-state index in [1.165, 1.54) is 12.8 Å². The van der Waals surface area contributed by atoms with Crippen LogP contribution < -0.4 is 5.32 Å². The number of halogens is 1. The lowest BCUT2D eigenvalue weighted by Gasteiger charge is -2.28. The molecule has 2 aliphatic rings. The van der Waals surface area contributed by atoms with Gasteiger partial charge in [0.15, 0.2) is 5.96 Å². The van der Waals surface area contributed by atoms with E-state index in [1.807, 2.05) is 7.05 Å². The van der Waals surface area contributed by atoms with Crippen molar-refractivity contribution in [3.63, 3.8) is 0 Å². The molecule has 5 heteroatoms. The van der Waals surface area contributed by atoms with Crippen molar-refractivity contribution in [1.82, 2.24) is 10.2 Å². The van der Waals surface area contributed by atoms with Crippen LogP contribution in [0.15, 0.2) is 4.99 Å². The molecular formula is C15H30IN3O. The van der Waals surface area contributed by atoms with E-state index in [2.05, 4.69) is 36.0 Å². The molecule has 2 unspecified atom stereocenters. The van der Waals surface area contributed by atoms with Crippen LogP contribution in [0.4, 0.5) is 0 Å². The zero-order valence-electron chi connectivity index (χ0n) is 13.4. The molecule has 0 bridgehead atoms. The minimum atomic E-state index is 0. The second-order valence-corrected chi connectivity index (χ2v) is 6.85. The van der Waals surface area contributed by atoms with Gasteiger partial charge in [0, 0.05) is 38.7 Å². The highest BCUT2D eigenvalue weighted by Crippen LogP contribution is 2.33. The van der Waals surface area contributed by atoms with E-state index in [9.17, 15) is 0 Å². The molecule has 2 aliphatic heterocycles. The van der Waals surface area contributed by atoms with Crippen molar-refractivity contribution < 1.29 is 4.74 Å². The number of likely N-dealkylation sites (tertiary alicyclic amines) is 1. The molecule has 2 fully saturated rings. The Bertz CT molecular complexity index is 342. The van der Waals surface area contributed by atoms with Gasteiger partial charge in [-0.1, -0.05) is 20.8 Å². The fourth-order valence-electron chi connectivity index (χ4n) is 2.97. The molecule has 0 aromatic heterocycles. The van der Waals surface area contributed by atoms with Gasteiger partial charge >= 0.3 is 0 Å². The molecular weight excluding hydrogens is 365 g/mol. The lowest BCUT2D eigenvalue weighted by atomic mass is 9.87. The monoisotopic (exact) mass is 395 g/mol. The Morgan fingerprint density at radius 2 is 2.05 bits per heavy atom. The fourth-order valence-corrected chi connectivity index (χ4v) is 2.97.